The SMILES string of the molecule is O=C(Nc1ccc(N2CCCCC2)cc1)c1cc(NCC2CCCO2)ccn1. The zero-order valence-corrected chi connectivity index (χ0v) is 16.2. The largest absolute Gasteiger partial charge is 0.382 e. The molecule has 6 heteroatoms. The molecule has 0 saturated carbocycles. The Bertz CT molecular complexity index is 781. The number of ether oxygens (including phenoxy) is 1. The van der Waals surface area contributed by atoms with E-state index in [1.165, 1.54) is 24.9 Å². The van der Waals surface area contributed by atoms with Gasteiger partial charge in [-0.3, -0.25) is 9.78 Å². The Balaban J connectivity index is 1.34. The van der Waals surface area contributed by atoms with Crippen molar-refractivity contribution in [3.8, 4) is 0 Å². The average molecular weight is 380 g/mol. The van der Waals surface area contributed by atoms with Crippen LogP contribution in [0.1, 0.15) is 42.6 Å². The van der Waals surface area contributed by atoms with Gasteiger partial charge in [-0.15, -0.1) is 0 Å². The second-order valence-electron chi connectivity index (χ2n) is 7.49. The smallest absolute Gasteiger partial charge is 0.274 e. The number of carbonyl (C=O) groups is 1. The van der Waals surface area contributed by atoms with E-state index in [1.807, 2.05) is 18.2 Å². The minimum absolute atomic E-state index is 0.202. The monoisotopic (exact) mass is 380 g/mol. The number of pyridine rings is 1. The number of carbonyl (C=O) groups excluding carboxylic acids is 1. The van der Waals surface area contributed by atoms with Gasteiger partial charge in [-0.1, -0.05) is 0 Å². The lowest BCUT2D eigenvalue weighted by molar-refractivity contribution is 0.102. The molecule has 28 heavy (non-hydrogen) atoms. The fourth-order valence-electron chi connectivity index (χ4n) is 3.80. The zero-order valence-electron chi connectivity index (χ0n) is 16.2. The molecule has 1 amide bonds. The third-order valence-corrected chi connectivity index (χ3v) is 5.40. The summed E-state index contributed by atoms with van der Waals surface area (Å²) in [6.07, 6.45) is 7.93. The highest BCUT2D eigenvalue weighted by Gasteiger charge is 2.16. The summed E-state index contributed by atoms with van der Waals surface area (Å²) >= 11 is 0. The Labute approximate surface area is 166 Å². The molecule has 0 spiro atoms. The van der Waals surface area contributed by atoms with Crippen molar-refractivity contribution in [1.29, 1.82) is 0 Å². The van der Waals surface area contributed by atoms with Crippen LogP contribution in [0.3, 0.4) is 0 Å². The maximum Gasteiger partial charge on any atom is 0.274 e. The normalized spacial score (nSPS) is 19.4. The number of hydrogen-bond donors (Lipinski definition) is 2. The Morgan fingerprint density at radius 2 is 1.89 bits per heavy atom. The molecular formula is C22H28N4O2. The van der Waals surface area contributed by atoms with Crippen molar-refractivity contribution in [3.05, 3.63) is 48.3 Å². The summed E-state index contributed by atoms with van der Waals surface area (Å²) in [6.45, 7) is 3.82. The number of piperidine rings is 1. The maximum atomic E-state index is 12.6. The second kappa shape index (κ2) is 9.06. The number of anilines is 3. The molecule has 2 saturated heterocycles. The topological polar surface area (TPSA) is 66.5 Å². The first-order valence-electron chi connectivity index (χ1n) is 10.3. The lowest BCUT2D eigenvalue weighted by Crippen LogP contribution is -2.29. The molecule has 0 aliphatic carbocycles. The fraction of sp³-hybridized carbons (Fsp3) is 0.455. The zero-order chi connectivity index (χ0) is 19.2. The van der Waals surface area contributed by atoms with E-state index in [0.717, 1.165) is 50.5 Å². The molecule has 1 unspecified atom stereocenters. The van der Waals surface area contributed by atoms with Gasteiger partial charge in [-0.05, 0) is 68.5 Å². The van der Waals surface area contributed by atoms with Gasteiger partial charge in [0, 0.05) is 49.5 Å². The second-order valence-corrected chi connectivity index (χ2v) is 7.49. The molecule has 2 aromatic rings. The van der Waals surface area contributed by atoms with Gasteiger partial charge in [-0.25, -0.2) is 0 Å². The molecule has 1 atom stereocenters. The number of aromatic nitrogens is 1. The number of nitrogens with zero attached hydrogens (tertiary/aromatic N) is 2. The van der Waals surface area contributed by atoms with E-state index in [4.69, 9.17) is 4.74 Å². The van der Waals surface area contributed by atoms with E-state index >= 15 is 0 Å². The van der Waals surface area contributed by atoms with Crippen molar-refractivity contribution < 1.29 is 9.53 Å². The van der Waals surface area contributed by atoms with Crippen LogP contribution < -0.4 is 15.5 Å². The first-order valence-corrected chi connectivity index (χ1v) is 10.3. The highest BCUT2D eigenvalue weighted by molar-refractivity contribution is 6.03. The Hall–Kier alpha value is -2.60. The van der Waals surface area contributed by atoms with Gasteiger partial charge in [0.25, 0.3) is 5.91 Å². The molecular weight excluding hydrogens is 352 g/mol. The first-order chi connectivity index (χ1) is 13.8. The summed E-state index contributed by atoms with van der Waals surface area (Å²) in [5, 5.41) is 6.28. The van der Waals surface area contributed by atoms with E-state index < -0.39 is 0 Å². The van der Waals surface area contributed by atoms with Gasteiger partial charge >= 0.3 is 0 Å². The molecule has 2 aliphatic rings. The van der Waals surface area contributed by atoms with Crippen LogP contribution in [0, 0.1) is 0 Å². The van der Waals surface area contributed by atoms with Crippen molar-refractivity contribution >= 4 is 23.0 Å². The third kappa shape index (κ3) is 4.81. The van der Waals surface area contributed by atoms with Crippen molar-refractivity contribution in [2.45, 2.75) is 38.2 Å². The molecule has 1 aromatic carbocycles. The molecule has 1 aromatic heterocycles. The Kier molecular flexibility index (Phi) is 6.07. The molecule has 3 heterocycles. The van der Waals surface area contributed by atoms with Crippen molar-refractivity contribution in [2.24, 2.45) is 0 Å². The summed E-state index contributed by atoms with van der Waals surface area (Å²) in [5.74, 6) is -0.202. The molecule has 2 fully saturated rings. The third-order valence-electron chi connectivity index (χ3n) is 5.40. The first kappa shape index (κ1) is 18.7. The van der Waals surface area contributed by atoms with E-state index in [9.17, 15) is 4.79 Å². The molecule has 0 bridgehead atoms. The predicted molar refractivity (Wildman–Crippen MR) is 112 cm³/mol. The van der Waals surface area contributed by atoms with E-state index in [0.29, 0.717) is 5.69 Å². The molecule has 2 N–H and O–H groups in total. The highest BCUT2D eigenvalue weighted by Crippen LogP contribution is 2.22. The van der Waals surface area contributed by atoms with E-state index in [-0.39, 0.29) is 12.0 Å². The molecule has 4 rings (SSSR count). The number of hydrogen-bond acceptors (Lipinski definition) is 5. The quantitative estimate of drug-likeness (QED) is 0.795. The standard InChI is InChI=1S/C22H28N4O2/c27-22(21-15-18(10-11-23-21)24-16-20-5-4-14-28-20)25-17-6-8-19(9-7-17)26-12-2-1-3-13-26/h6-11,15,20H,1-5,12-14,16H2,(H,23,24)(H,25,27). The van der Waals surface area contributed by atoms with Gasteiger partial charge in [-0.2, -0.15) is 0 Å². The van der Waals surface area contributed by atoms with Crippen LogP contribution in [-0.4, -0.2) is 43.2 Å². The van der Waals surface area contributed by atoms with Gasteiger partial charge in [0.05, 0.1) is 6.10 Å². The number of nitrogens with one attached hydrogen (secondary N) is 2. The Morgan fingerprint density at radius 3 is 2.64 bits per heavy atom. The summed E-state index contributed by atoms with van der Waals surface area (Å²) in [5.41, 5.74) is 3.29. The van der Waals surface area contributed by atoms with Crippen LogP contribution in [-0.2, 0) is 4.74 Å². The van der Waals surface area contributed by atoms with Crippen molar-refractivity contribution in [3.63, 3.8) is 0 Å². The van der Waals surface area contributed by atoms with Gasteiger partial charge in [0.2, 0.25) is 0 Å². The number of amides is 1. The van der Waals surface area contributed by atoms with E-state index in [2.05, 4.69) is 32.7 Å². The van der Waals surface area contributed by atoms with Gasteiger partial charge < -0.3 is 20.3 Å². The van der Waals surface area contributed by atoms with Crippen LogP contribution in [0.25, 0.3) is 0 Å². The van der Waals surface area contributed by atoms with Gasteiger partial charge in [0.1, 0.15) is 5.69 Å². The minimum Gasteiger partial charge on any atom is -0.382 e. The predicted octanol–water partition coefficient (Wildman–Crippen LogP) is 3.92. The summed E-state index contributed by atoms with van der Waals surface area (Å²) < 4.78 is 5.62. The molecule has 0 radical (unpaired) electrons. The highest BCUT2D eigenvalue weighted by atomic mass is 16.5. The fourth-order valence-corrected chi connectivity index (χ4v) is 3.80. The summed E-state index contributed by atoms with van der Waals surface area (Å²) in [4.78, 5) is 19.2. The summed E-state index contributed by atoms with van der Waals surface area (Å²) in [7, 11) is 0. The van der Waals surface area contributed by atoms with Crippen LogP contribution in [0.15, 0.2) is 42.6 Å². The average Bonchev–Trinajstić information content (AvgIpc) is 3.27. The molecule has 6 nitrogen and oxygen atoms in total. The van der Waals surface area contributed by atoms with Crippen LogP contribution >= 0.6 is 0 Å². The lowest BCUT2D eigenvalue weighted by atomic mass is 10.1. The Morgan fingerprint density at radius 1 is 1.07 bits per heavy atom. The van der Waals surface area contributed by atoms with Crippen LogP contribution in [0.4, 0.5) is 17.1 Å². The van der Waals surface area contributed by atoms with Crippen LogP contribution in [0.5, 0.6) is 0 Å². The molecule has 148 valence electrons. The van der Waals surface area contributed by atoms with Crippen LogP contribution in [0.2, 0.25) is 0 Å². The molecule has 2 aliphatic heterocycles. The van der Waals surface area contributed by atoms with Crippen molar-refractivity contribution in [2.75, 3.05) is 41.8 Å². The lowest BCUT2D eigenvalue weighted by Gasteiger charge is -2.28. The van der Waals surface area contributed by atoms with Gasteiger partial charge in [0.15, 0.2) is 0 Å². The minimum atomic E-state index is -0.202. The van der Waals surface area contributed by atoms with Crippen molar-refractivity contribution in [1.82, 2.24) is 4.98 Å². The number of benzene rings is 1. The number of rotatable bonds is 6. The maximum absolute atomic E-state index is 12.6. The summed E-state index contributed by atoms with van der Waals surface area (Å²) in [6, 6.07) is 11.7. The van der Waals surface area contributed by atoms with E-state index in [1.54, 1.807) is 12.3 Å².